The molecule has 0 fully saturated rings. The first kappa shape index (κ1) is 15.9. The first-order chi connectivity index (χ1) is 11.0. The Morgan fingerprint density at radius 3 is 2.78 bits per heavy atom. The molecule has 6 heteroatoms. The van der Waals surface area contributed by atoms with Crippen molar-refractivity contribution in [1.29, 1.82) is 5.26 Å². The molecule has 0 bridgehead atoms. The van der Waals surface area contributed by atoms with Crippen LogP contribution in [-0.4, -0.2) is 4.98 Å². The molecule has 1 aliphatic carbocycles. The summed E-state index contributed by atoms with van der Waals surface area (Å²) in [5, 5.41) is 9.85. The second-order valence-electron chi connectivity index (χ2n) is 5.40. The molecule has 0 saturated carbocycles. The molecular formula is C17H13F3N2S. The predicted octanol–water partition coefficient (Wildman–Crippen LogP) is 4.75. The van der Waals surface area contributed by atoms with Crippen LogP contribution in [0.15, 0.2) is 35.4 Å². The molecule has 0 radical (unpaired) electrons. The number of aryl methyl sites for hydroxylation is 2. The molecule has 118 valence electrons. The van der Waals surface area contributed by atoms with E-state index in [4.69, 9.17) is 0 Å². The molecular weight excluding hydrogens is 321 g/mol. The lowest BCUT2D eigenvalue weighted by Gasteiger charge is -2.09. The van der Waals surface area contributed by atoms with E-state index in [0.717, 1.165) is 42.7 Å². The molecule has 0 N–H and O–H groups in total. The highest BCUT2D eigenvalue weighted by atomic mass is 32.2. The molecule has 2 aromatic rings. The lowest BCUT2D eigenvalue weighted by Crippen LogP contribution is -2.05. The van der Waals surface area contributed by atoms with Gasteiger partial charge < -0.3 is 0 Å². The van der Waals surface area contributed by atoms with Gasteiger partial charge in [-0.15, -0.1) is 11.8 Å². The highest BCUT2D eigenvalue weighted by Crippen LogP contribution is 2.32. The van der Waals surface area contributed by atoms with Crippen molar-refractivity contribution < 1.29 is 13.2 Å². The highest BCUT2D eigenvalue weighted by molar-refractivity contribution is 7.98. The van der Waals surface area contributed by atoms with Crippen molar-refractivity contribution in [1.82, 2.24) is 4.98 Å². The summed E-state index contributed by atoms with van der Waals surface area (Å²) in [6, 6.07) is 9.26. The summed E-state index contributed by atoms with van der Waals surface area (Å²) in [5.74, 6) is 0.352. The predicted molar refractivity (Wildman–Crippen MR) is 82.0 cm³/mol. The number of benzene rings is 1. The van der Waals surface area contributed by atoms with Gasteiger partial charge in [0.05, 0.1) is 11.1 Å². The van der Waals surface area contributed by atoms with Crippen LogP contribution in [0.5, 0.6) is 0 Å². The van der Waals surface area contributed by atoms with Gasteiger partial charge in [0, 0.05) is 11.4 Å². The van der Waals surface area contributed by atoms with Crippen LogP contribution in [0.2, 0.25) is 0 Å². The SMILES string of the molecule is N#Cc1cc2c(nc1SCc1cccc(C(F)(F)F)c1)CCC2. The number of nitrogens with zero attached hydrogens (tertiary/aromatic N) is 2. The Morgan fingerprint density at radius 2 is 2.04 bits per heavy atom. The van der Waals surface area contributed by atoms with Crippen LogP contribution < -0.4 is 0 Å². The van der Waals surface area contributed by atoms with Gasteiger partial charge >= 0.3 is 6.18 Å². The quantitative estimate of drug-likeness (QED) is 0.760. The molecule has 2 nitrogen and oxygen atoms in total. The number of hydrogen-bond donors (Lipinski definition) is 0. The minimum absolute atomic E-state index is 0.352. The molecule has 0 amide bonds. The van der Waals surface area contributed by atoms with E-state index in [1.54, 1.807) is 6.07 Å². The van der Waals surface area contributed by atoms with Crippen LogP contribution in [0.25, 0.3) is 0 Å². The minimum atomic E-state index is -4.34. The van der Waals surface area contributed by atoms with Crippen LogP contribution in [0.4, 0.5) is 13.2 Å². The maximum absolute atomic E-state index is 12.7. The van der Waals surface area contributed by atoms with Crippen LogP contribution in [0.3, 0.4) is 0 Å². The van der Waals surface area contributed by atoms with Gasteiger partial charge in [0.15, 0.2) is 0 Å². The second kappa shape index (κ2) is 6.25. The van der Waals surface area contributed by atoms with E-state index in [1.165, 1.54) is 17.8 Å². The number of hydrogen-bond acceptors (Lipinski definition) is 3. The Morgan fingerprint density at radius 1 is 1.22 bits per heavy atom. The molecule has 1 aromatic heterocycles. The molecule has 3 rings (SSSR count). The van der Waals surface area contributed by atoms with Gasteiger partial charge in [0.25, 0.3) is 0 Å². The normalized spacial score (nSPS) is 13.7. The lowest BCUT2D eigenvalue weighted by atomic mass is 10.1. The topological polar surface area (TPSA) is 36.7 Å². The summed E-state index contributed by atoms with van der Waals surface area (Å²) < 4.78 is 38.2. The Labute approximate surface area is 136 Å². The highest BCUT2D eigenvalue weighted by Gasteiger charge is 2.30. The monoisotopic (exact) mass is 334 g/mol. The Bertz CT molecular complexity index is 778. The number of thioether (sulfide) groups is 1. The molecule has 1 heterocycles. The average molecular weight is 334 g/mol. The van der Waals surface area contributed by atoms with Gasteiger partial charge in [-0.25, -0.2) is 4.98 Å². The number of halogens is 3. The number of aromatic nitrogens is 1. The minimum Gasteiger partial charge on any atom is -0.245 e. The van der Waals surface area contributed by atoms with E-state index in [0.29, 0.717) is 21.9 Å². The van der Waals surface area contributed by atoms with E-state index < -0.39 is 11.7 Å². The van der Waals surface area contributed by atoms with Gasteiger partial charge in [-0.2, -0.15) is 18.4 Å². The van der Waals surface area contributed by atoms with E-state index in [9.17, 15) is 18.4 Å². The van der Waals surface area contributed by atoms with Gasteiger partial charge in [-0.05, 0) is 42.5 Å². The molecule has 0 unspecified atom stereocenters. The molecule has 1 aliphatic rings. The van der Waals surface area contributed by atoms with Crippen LogP contribution in [0.1, 0.15) is 34.4 Å². The molecule has 0 aliphatic heterocycles. The van der Waals surface area contributed by atoms with Crippen LogP contribution >= 0.6 is 11.8 Å². The molecule has 1 aromatic carbocycles. The Hall–Kier alpha value is -2.00. The zero-order valence-electron chi connectivity index (χ0n) is 12.2. The van der Waals surface area contributed by atoms with E-state index in [2.05, 4.69) is 11.1 Å². The second-order valence-corrected chi connectivity index (χ2v) is 6.36. The summed E-state index contributed by atoms with van der Waals surface area (Å²) in [7, 11) is 0. The Kier molecular flexibility index (Phi) is 4.31. The van der Waals surface area contributed by atoms with Crippen molar-refractivity contribution in [3.8, 4) is 6.07 Å². The molecule has 23 heavy (non-hydrogen) atoms. The lowest BCUT2D eigenvalue weighted by molar-refractivity contribution is -0.137. The van der Waals surface area contributed by atoms with Crippen molar-refractivity contribution >= 4 is 11.8 Å². The zero-order chi connectivity index (χ0) is 16.4. The maximum atomic E-state index is 12.7. The standard InChI is InChI=1S/C17H13F3N2S/c18-17(19,20)14-5-1-3-11(7-14)10-23-16-13(9-21)8-12-4-2-6-15(12)22-16/h1,3,5,7-8H,2,4,6,10H2. The van der Waals surface area contributed by atoms with E-state index >= 15 is 0 Å². The smallest absolute Gasteiger partial charge is 0.245 e. The summed E-state index contributed by atoms with van der Waals surface area (Å²) in [6.45, 7) is 0. The van der Waals surface area contributed by atoms with Crippen LogP contribution in [0, 0.1) is 11.3 Å². The van der Waals surface area contributed by atoms with Crippen molar-refractivity contribution in [2.24, 2.45) is 0 Å². The third kappa shape index (κ3) is 3.50. The summed E-state index contributed by atoms with van der Waals surface area (Å²) in [6.07, 6.45) is -1.47. The fourth-order valence-corrected chi connectivity index (χ4v) is 3.55. The third-order valence-electron chi connectivity index (χ3n) is 3.77. The van der Waals surface area contributed by atoms with Crippen LogP contribution in [-0.2, 0) is 24.8 Å². The first-order valence-corrected chi connectivity index (χ1v) is 8.18. The molecule has 0 spiro atoms. The Balaban J connectivity index is 1.80. The average Bonchev–Trinajstić information content (AvgIpc) is 2.98. The number of rotatable bonds is 3. The number of pyridine rings is 1. The summed E-state index contributed by atoms with van der Waals surface area (Å²) in [5.41, 5.74) is 2.54. The van der Waals surface area contributed by atoms with Gasteiger partial charge in [-0.1, -0.05) is 18.2 Å². The third-order valence-corrected chi connectivity index (χ3v) is 4.83. The number of alkyl halides is 3. The van der Waals surface area contributed by atoms with Crippen molar-refractivity contribution in [2.75, 3.05) is 0 Å². The molecule has 0 atom stereocenters. The van der Waals surface area contributed by atoms with Crippen molar-refractivity contribution in [2.45, 2.75) is 36.2 Å². The molecule has 0 saturated heterocycles. The summed E-state index contributed by atoms with van der Waals surface area (Å²) >= 11 is 1.31. The summed E-state index contributed by atoms with van der Waals surface area (Å²) in [4.78, 5) is 4.53. The largest absolute Gasteiger partial charge is 0.416 e. The van der Waals surface area contributed by atoms with Gasteiger partial charge in [-0.3, -0.25) is 0 Å². The number of nitriles is 1. The fraction of sp³-hybridized carbons (Fsp3) is 0.294. The first-order valence-electron chi connectivity index (χ1n) is 7.19. The van der Waals surface area contributed by atoms with Gasteiger partial charge in [0.1, 0.15) is 11.1 Å². The van der Waals surface area contributed by atoms with Crippen molar-refractivity contribution in [3.05, 3.63) is 58.3 Å². The van der Waals surface area contributed by atoms with Crippen molar-refractivity contribution in [3.63, 3.8) is 0 Å². The number of fused-ring (bicyclic) bond motifs is 1. The van der Waals surface area contributed by atoms with E-state index in [-0.39, 0.29) is 0 Å². The zero-order valence-corrected chi connectivity index (χ0v) is 13.0. The van der Waals surface area contributed by atoms with E-state index in [1.807, 2.05) is 6.07 Å². The fourth-order valence-electron chi connectivity index (χ4n) is 2.63. The maximum Gasteiger partial charge on any atom is 0.416 e. The van der Waals surface area contributed by atoms with Gasteiger partial charge in [0.2, 0.25) is 0 Å².